The molecule has 0 fully saturated rings. The number of nitrogens with zero attached hydrogens (tertiary/aromatic N) is 2. The fraction of sp³-hybridized carbons (Fsp3) is 0.385. The molecule has 2 rings (SSSR count). The summed E-state index contributed by atoms with van der Waals surface area (Å²) in [5, 5.41) is 4.71. The summed E-state index contributed by atoms with van der Waals surface area (Å²) >= 11 is 7.54. The predicted molar refractivity (Wildman–Crippen MR) is 79.3 cm³/mol. The van der Waals surface area contributed by atoms with Crippen LogP contribution in [-0.2, 0) is 6.54 Å². The summed E-state index contributed by atoms with van der Waals surface area (Å²) in [6.07, 6.45) is 0. The molecule has 1 N–H and O–H groups in total. The Morgan fingerprint density at radius 2 is 2.21 bits per heavy atom. The van der Waals surface area contributed by atoms with Crippen LogP contribution in [0.1, 0.15) is 31.2 Å². The molecule has 1 aromatic heterocycles. The van der Waals surface area contributed by atoms with Gasteiger partial charge in [0.1, 0.15) is 11.6 Å². The number of aromatic nitrogens is 2. The summed E-state index contributed by atoms with van der Waals surface area (Å²) in [5.41, 5.74) is 0.924. The molecule has 0 saturated heterocycles. The largest absolute Gasteiger partial charge is 0.496 e. The van der Waals surface area contributed by atoms with Crippen molar-refractivity contribution in [3.63, 3.8) is 0 Å². The van der Waals surface area contributed by atoms with E-state index in [9.17, 15) is 0 Å². The van der Waals surface area contributed by atoms with Crippen molar-refractivity contribution >= 4 is 28.3 Å². The predicted octanol–water partition coefficient (Wildman–Crippen LogP) is 3.94. The SMILES string of the molecule is COc1cccc(Cl)c1CNc1nc(C(C)C)ns1. The van der Waals surface area contributed by atoms with E-state index in [1.807, 2.05) is 18.2 Å². The van der Waals surface area contributed by atoms with Crippen LogP contribution in [0.15, 0.2) is 18.2 Å². The standard InChI is InChI=1S/C13H16ClN3OS/c1-8(2)12-16-13(19-17-12)15-7-9-10(14)5-4-6-11(9)18-3/h4-6,8H,7H2,1-3H3,(H,15,16,17). The highest BCUT2D eigenvalue weighted by atomic mass is 35.5. The van der Waals surface area contributed by atoms with Crippen LogP contribution in [0.25, 0.3) is 0 Å². The highest BCUT2D eigenvalue weighted by Gasteiger charge is 2.10. The average molecular weight is 298 g/mol. The lowest BCUT2D eigenvalue weighted by atomic mass is 10.2. The molecule has 0 radical (unpaired) electrons. The lowest BCUT2D eigenvalue weighted by molar-refractivity contribution is 0.410. The maximum atomic E-state index is 6.18. The van der Waals surface area contributed by atoms with Gasteiger partial charge in [-0.3, -0.25) is 0 Å². The lowest BCUT2D eigenvalue weighted by Crippen LogP contribution is -2.02. The number of anilines is 1. The molecule has 0 aliphatic heterocycles. The minimum Gasteiger partial charge on any atom is -0.496 e. The molecular weight excluding hydrogens is 282 g/mol. The topological polar surface area (TPSA) is 47.0 Å². The second-order valence-corrected chi connectivity index (χ2v) is 5.55. The van der Waals surface area contributed by atoms with E-state index in [2.05, 4.69) is 28.5 Å². The molecule has 1 aromatic carbocycles. The molecule has 102 valence electrons. The van der Waals surface area contributed by atoms with Crippen molar-refractivity contribution in [2.45, 2.75) is 26.3 Å². The molecule has 0 aliphatic rings. The van der Waals surface area contributed by atoms with Gasteiger partial charge < -0.3 is 10.1 Å². The van der Waals surface area contributed by atoms with Crippen LogP contribution < -0.4 is 10.1 Å². The molecule has 6 heteroatoms. The Kier molecular flexibility index (Phi) is 4.61. The Balaban J connectivity index is 2.09. The monoisotopic (exact) mass is 297 g/mol. The smallest absolute Gasteiger partial charge is 0.202 e. The summed E-state index contributed by atoms with van der Waals surface area (Å²) in [7, 11) is 1.64. The summed E-state index contributed by atoms with van der Waals surface area (Å²) < 4.78 is 9.60. The van der Waals surface area contributed by atoms with Gasteiger partial charge in [-0.1, -0.05) is 31.5 Å². The van der Waals surface area contributed by atoms with Gasteiger partial charge in [-0.15, -0.1) is 0 Å². The van der Waals surface area contributed by atoms with Crippen molar-refractivity contribution in [3.05, 3.63) is 34.6 Å². The number of hydrogen-bond acceptors (Lipinski definition) is 5. The van der Waals surface area contributed by atoms with Gasteiger partial charge in [-0.25, -0.2) is 4.98 Å². The molecule has 19 heavy (non-hydrogen) atoms. The molecule has 2 aromatic rings. The van der Waals surface area contributed by atoms with Crippen LogP contribution >= 0.6 is 23.1 Å². The fourth-order valence-corrected chi connectivity index (χ4v) is 2.54. The van der Waals surface area contributed by atoms with Gasteiger partial charge in [0.25, 0.3) is 0 Å². The van der Waals surface area contributed by atoms with E-state index in [1.165, 1.54) is 11.5 Å². The third-order valence-corrected chi connectivity index (χ3v) is 3.71. The molecular formula is C13H16ClN3OS. The molecule has 0 unspecified atom stereocenters. The summed E-state index contributed by atoms with van der Waals surface area (Å²) in [4.78, 5) is 4.42. The molecule has 4 nitrogen and oxygen atoms in total. The first-order valence-corrected chi connectivity index (χ1v) is 7.15. The Labute approximate surface area is 122 Å². The first-order valence-electron chi connectivity index (χ1n) is 6.00. The van der Waals surface area contributed by atoms with E-state index < -0.39 is 0 Å². The fourth-order valence-electron chi connectivity index (χ4n) is 1.61. The second-order valence-electron chi connectivity index (χ2n) is 4.39. The highest BCUT2D eigenvalue weighted by Crippen LogP contribution is 2.27. The van der Waals surface area contributed by atoms with Gasteiger partial charge in [0.15, 0.2) is 0 Å². The van der Waals surface area contributed by atoms with E-state index >= 15 is 0 Å². The molecule has 0 spiro atoms. The van der Waals surface area contributed by atoms with Crippen LogP contribution in [0.4, 0.5) is 5.13 Å². The second kappa shape index (κ2) is 6.21. The van der Waals surface area contributed by atoms with Gasteiger partial charge in [0.2, 0.25) is 5.13 Å². The van der Waals surface area contributed by atoms with E-state index in [0.717, 1.165) is 22.3 Å². The molecule has 0 saturated carbocycles. The Bertz CT molecular complexity index is 557. The minimum absolute atomic E-state index is 0.335. The van der Waals surface area contributed by atoms with Crippen molar-refractivity contribution in [2.24, 2.45) is 0 Å². The number of ether oxygens (including phenoxy) is 1. The average Bonchev–Trinajstić information content (AvgIpc) is 2.86. The van der Waals surface area contributed by atoms with Crippen molar-refractivity contribution in [1.82, 2.24) is 9.36 Å². The summed E-state index contributed by atoms with van der Waals surface area (Å²) in [6, 6.07) is 5.61. The Morgan fingerprint density at radius 1 is 1.42 bits per heavy atom. The van der Waals surface area contributed by atoms with Crippen LogP contribution in [0.2, 0.25) is 5.02 Å². The summed E-state index contributed by atoms with van der Waals surface area (Å²) in [5.74, 6) is 1.97. The molecule has 0 aliphatic carbocycles. The normalized spacial score (nSPS) is 10.8. The van der Waals surface area contributed by atoms with E-state index in [4.69, 9.17) is 16.3 Å². The number of methoxy groups -OCH3 is 1. The van der Waals surface area contributed by atoms with Gasteiger partial charge in [-0.2, -0.15) is 4.37 Å². The molecule has 0 bridgehead atoms. The first kappa shape index (κ1) is 14.1. The van der Waals surface area contributed by atoms with Gasteiger partial charge >= 0.3 is 0 Å². The molecule has 1 heterocycles. The van der Waals surface area contributed by atoms with Gasteiger partial charge in [0.05, 0.1) is 7.11 Å². The molecule has 0 amide bonds. The van der Waals surface area contributed by atoms with E-state index in [1.54, 1.807) is 7.11 Å². The lowest BCUT2D eigenvalue weighted by Gasteiger charge is -2.10. The third-order valence-electron chi connectivity index (χ3n) is 2.67. The van der Waals surface area contributed by atoms with Crippen molar-refractivity contribution < 1.29 is 4.74 Å². The quantitative estimate of drug-likeness (QED) is 0.908. The van der Waals surface area contributed by atoms with Crippen LogP contribution in [0, 0.1) is 0 Å². The van der Waals surface area contributed by atoms with Crippen molar-refractivity contribution in [3.8, 4) is 5.75 Å². The van der Waals surface area contributed by atoms with Crippen molar-refractivity contribution in [2.75, 3.05) is 12.4 Å². The number of halogens is 1. The number of benzene rings is 1. The van der Waals surface area contributed by atoms with Gasteiger partial charge in [-0.05, 0) is 12.1 Å². The number of hydrogen-bond donors (Lipinski definition) is 1. The minimum atomic E-state index is 0.335. The van der Waals surface area contributed by atoms with Crippen molar-refractivity contribution in [1.29, 1.82) is 0 Å². The maximum Gasteiger partial charge on any atom is 0.202 e. The van der Waals surface area contributed by atoms with Crippen LogP contribution in [0.3, 0.4) is 0 Å². The molecule has 0 atom stereocenters. The summed E-state index contributed by atoms with van der Waals surface area (Å²) in [6.45, 7) is 4.71. The third kappa shape index (κ3) is 3.36. The zero-order valence-corrected chi connectivity index (χ0v) is 12.7. The Morgan fingerprint density at radius 3 is 2.84 bits per heavy atom. The van der Waals surface area contributed by atoms with E-state index in [0.29, 0.717) is 17.5 Å². The van der Waals surface area contributed by atoms with Gasteiger partial charge in [0, 0.05) is 34.6 Å². The number of rotatable bonds is 5. The number of nitrogens with one attached hydrogen (secondary N) is 1. The zero-order chi connectivity index (χ0) is 13.8. The zero-order valence-electron chi connectivity index (χ0n) is 11.1. The van der Waals surface area contributed by atoms with E-state index in [-0.39, 0.29) is 0 Å². The highest BCUT2D eigenvalue weighted by molar-refractivity contribution is 7.09. The first-order chi connectivity index (χ1) is 9.11. The Hall–Kier alpha value is -1.33. The maximum absolute atomic E-state index is 6.18. The van der Waals surface area contributed by atoms with Crippen LogP contribution in [0.5, 0.6) is 5.75 Å². The van der Waals surface area contributed by atoms with Crippen LogP contribution in [-0.4, -0.2) is 16.5 Å².